The summed E-state index contributed by atoms with van der Waals surface area (Å²) in [5.74, 6) is -2.48. The molecule has 1 aliphatic heterocycles. The minimum Gasteiger partial charge on any atom is -0.359 e. The molecule has 13 heteroatoms. The Labute approximate surface area is 190 Å². The molecule has 182 valence electrons. The van der Waals surface area contributed by atoms with E-state index >= 15 is 0 Å². The number of nitrogens with zero attached hydrogens (tertiary/aromatic N) is 4. The number of fused-ring (bicyclic) bond motifs is 1. The Kier molecular flexibility index (Phi) is 6.65. The first-order valence-electron chi connectivity index (χ1n) is 11.0. The van der Waals surface area contributed by atoms with Crippen molar-refractivity contribution in [2.24, 2.45) is 0 Å². The molecule has 33 heavy (non-hydrogen) atoms. The first kappa shape index (κ1) is 23.9. The molecule has 2 atom stereocenters. The van der Waals surface area contributed by atoms with Crippen molar-refractivity contribution in [3.8, 4) is 0 Å². The number of halogens is 3. The minimum absolute atomic E-state index is 0.0561. The lowest BCUT2D eigenvalue weighted by Crippen LogP contribution is -2.46. The topological polar surface area (TPSA) is 112 Å². The van der Waals surface area contributed by atoms with Crippen molar-refractivity contribution >= 4 is 32.9 Å². The van der Waals surface area contributed by atoms with Gasteiger partial charge in [0.15, 0.2) is 5.82 Å². The summed E-state index contributed by atoms with van der Waals surface area (Å²) in [6.07, 6.45) is 1.72. The van der Waals surface area contributed by atoms with Crippen molar-refractivity contribution in [1.82, 2.24) is 24.0 Å². The Morgan fingerprint density at radius 1 is 1.18 bits per heavy atom. The molecule has 4 rings (SSSR count). The summed E-state index contributed by atoms with van der Waals surface area (Å²) >= 11 is 0. The first-order chi connectivity index (χ1) is 15.6. The lowest BCUT2D eigenvalue weighted by molar-refractivity contribution is -0.000659. The van der Waals surface area contributed by atoms with Gasteiger partial charge < -0.3 is 10.6 Å². The number of alkyl halides is 3. The molecule has 1 unspecified atom stereocenters. The summed E-state index contributed by atoms with van der Waals surface area (Å²) < 4.78 is 70.0. The Balaban J connectivity index is 1.57. The number of hydrogen-bond donors (Lipinski definition) is 3. The maximum absolute atomic E-state index is 14.2. The van der Waals surface area contributed by atoms with E-state index < -0.39 is 28.3 Å². The normalized spacial score (nSPS) is 23.0. The predicted octanol–water partition coefficient (Wildman–Crippen LogP) is 3.00. The van der Waals surface area contributed by atoms with Crippen LogP contribution >= 0.6 is 0 Å². The van der Waals surface area contributed by atoms with E-state index in [-0.39, 0.29) is 36.3 Å². The highest BCUT2D eigenvalue weighted by molar-refractivity contribution is 7.87. The number of rotatable bonds is 7. The van der Waals surface area contributed by atoms with E-state index in [0.29, 0.717) is 43.3 Å². The average Bonchev–Trinajstić information content (AvgIpc) is 3.11. The molecule has 0 spiro atoms. The standard InChI is InChI=1S/C20H28F3N7O2S/c1-12(21)15-10-13-11-25-19(26-14-5-8-30(9-6-14)33(31,32)24-2)29-17(13)18(27-15)28-16-4-3-7-20(16,22)23/h10-12,14,16,24H,3-9H2,1-2H3,(H,27,28)(H,25,26,29)/t12?,16-/m0/s1. The van der Waals surface area contributed by atoms with E-state index in [1.54, 1.807) is 0 Å². The van der Waals surface area contributed by atoms with Gasteiger partial charge in [-0.15, -0.1) is 0 Å². The van der Waals surface area contributed by atoms with Crippen LogP contribution in [-0.2, 0) is 10.2 Å². The van der Waals surface area contributed by atoms with Gasteiger partial charge >= 0.3 is 0 Å². The molecule has 3 heterocycles. The third kappa shape index (κ3) is 5.14. The maximum Gasteiger partial charge on any atom is 0.279 e. The third-order valence-corrected chi connectivity index (χ3v) is 7.76. The molecule has 0 aromatic carbocycles. The number of piperidine rings is 1. The van der Waals surface area contributed by atoms with Gasteiger partial charge in [0.25, 0.3) is 16.1 Å². The smallest absolute Gasteiger partial charge is 0.279 e. The van der Waals surface area contributed by atoms with E-state index in [1.165, 1.54) is 30.5 Å². The summed E-state index contributed by atoms with van der Waals surface area (Å²) in [4.78, 5) is 13.0. The van der Waals surface area contributed by atoms with Crippen LogP contribution in [0.2, 0.25) is 0 Å². The van der Waals surface area contributed by atoms with Crippen molar-refractivity contribution in [3.63, 3.8) is 0 Å². The van der Waals surface area contributed by atoms with Gasteiger partial charge in [-0.1, -0.05) is 0 Å². The van der Waals surface area contributed by atoms with Crippen LogP contribution < -0.4 is 15.4 Å². The van der Waals surface area contributed by atoms with Crippen LogP contribution in [0.3, 0.4) is 0 Å². The Morgan fingerprint density at radius 3 is 2.52 bits per heavy atom. The highest BCUT2D eigenvalue weighted by Gasteiger charge is 2.44. The second kappa shape index (κ2) is 9.18. The zero-order valence-electron chi connectivity index (χ0n) is 18.5. The van der Waals surface area contributed by atoms with E-state index in [0.717, 1.165) is 0 Å². The van der Waals surface area contributed by atoms with Gasteiger partial charge in [-0.05, 0) is 38.7 Å². The SMILES string of the molecule is CNS(=O)(=O)N1CCC(Nc2ncc3cc(C(C)F)nc(N[C@H]4CCCC4(F)F)c3n2)CC1. The number of hydrogen-bond acceptors (Lipinski definition) is 7. The second-order valence-electron chi connectivity index (χ2n) is 8.52. The molecule has 1 saturated heterocycles. The van der Waals surface area contributed by atoms with Crippen molar-refractivity contribution < 1.29 is 21.6 Å². The molecule has 2 aromatic rings. The predicted molar refractivity (Wildman–Crippen MR) is 119 cm³/mol. The molecule has 0 radical (unpaired) electrons. The summed E-state index contributed by atoms with van der Waals surface area (Å²) in [6, 6.07) is 0.366. The number of nitrogens with one attached hydrogen (secondary N) is 3. The van der Waals surface area contributed by atoms with Crippen molar-refractivity contribution in [2.45, 2.75) is 63.2 Å². The fourth-order valence-corrected chi connectivity index (χ4v) is 5.21. The molecule has 0 bridgehead atoms. The Morgan fingerprint density at radius 2 is 1.91 bits per heavy atom. The Bertz CT molecular complexity index is 1110. The van der Waals surface area contributed by atoms with Crippen LogP contribution in [-0.4, -0.2) is 65.8 Å². The average molecular weight is 488 g/mol. The van der Waals surface area contributed by atoms with Gasteiger partial charge in [-0.2, -0.15) is 12.7 Å². The van der Waals surface area contributed by atoms with E-state index in [1.807, 2.05) is 0 Å². The largest absolute Gasteiger partial charge is 0.359 e. The zero-order valence-corrected chi connectivity index (χ0v) is 19.3. The van der Waals surface area contributed by atoms with Gasteiger partial charge in [0.2, 0.25) is 5.95 Å². The summed E-state index contributed by atoms with van der Waals surface area (Å²) in [6.45, 7) is 2.02. The van der Waals surface area contributed by atoms with Crippen molar-refractivity contribution in [2.75, 3.05) is 30.8 Å². The van der Waals surface area contributed by atoms with Crippen LogP contribution in [0.5, 0.6) is 0 Å². The molecule has 3 N–H and O–H groups in total. The van der Waals surface area contributed by atoms with Crippen molar-refractivity contribution in [1.29, 1.82) is 0 Å². The number of anilines is 2. The lowest BCUT2D eigenvalue weighted by Gasteiger charge is -2.31. The Hall–Kier alpha value is -2.25. The maximum atomic E-state index is 14.2. The van der Waals surface area contributed by atoms with Gasteiger partial charge in [-0.3, -0.25) is 0 Å². The minimum atomic E-state index is -3.47. The molecule has 0 amide bonds. The van der Waals surface area contributed by atoms with Crippen LogP contribution in [0.4, 0.5) is 24.9 Å². The van der Waals surface area contributed by atoms with Gasteiger partial charge in [0, 0.05) is 44.2 Å². The number of pyridine rings is 1. The molecule has 1 saturated carbocycles. The molecular weight excluding hydrogens is 459 g/mol. The fourth-order valence-electron chi connectivity index (χ4n) is 4.26. The summed E-state index contributed by atoms with van der Waals surface area (Å²) in [5.41, 5.74) is 0.448. The summed E-state index contributed by atoms with van der Waals surface area (Å²) in [7, 11) is -2.09. The quantitative estimate of drug-likeness (QED) is 0.550. The van der Waals surface area contributed by atoms with Crippen LogP contribution in [0.25, 0.3) is 10.9 Å². The molecule has 9 nitrogen and oxygen atoms in total. The first-order valence-corrected chi connectivity index (χ1v) is 12.4. The van der Waals surface area contributed by atoms with Gasteiger partial charge in [0.05, 0.1) is 11.7 Å². The van der Waals surface area contributed by atoms with Crippen LogP contribution in [0, 0.1) is 0 Å². The second-order valence-corrected chi connectivity index (χ2v) is 10.4. The monoisotopic (exact) mass is 487 g/mol. The molecule has 2 aliphatic rings. The lowest BCUT2D eigenvalue weighted by atomic mass is 10.1. The van der Waals surface area contributed by atoms with Crippen molar-refractivity contribution in [3.05, 3.63) is 18.0 Å². The molecule has 1 aliphatic carbocycles. The van der Waals surface area contributed by atoms with Gasteiger partial charge in [0.1, 0.15) is 11.7 Å². The van der Waals surface area contributed by atoms with E-state index in [9.17, 15) is 21.6 Å². The number of aromatic nitrogens is 3. The van der Waals surface area contributed by atoms with Crippen LogP contribution in [0.1, 0.15) is 50.9 Å². The summed E-state index contributed by atoms with van der Waals surface area (Å²) in [5, 5.41) is 6.49. The molecule has 2 fully saturated rings. The van der Waals surface area contributed by atoms with Crippen LogP contribution in [0.15, 0.2) is 12.3 Å². The molecular formula is C20H28F3N7O2S. The van der Waals surface area contributed by atoms with E-state index in [4.69, 9.17) is 0 Å². The van der Waals surface area contributed by atoms with Gasteiger partial charge in [-0.25, -0.2) is 32.8 Å². The highest BCUT2D eigenvalue weighted by Crippen LogP contribution is 2.38. The highest BCUT2D eigenvalue weighted by atomic mass is 32.2. The zero-order chi connectivity index (χ0) is 23.8. The third-order valence-electron chi connectivity index (χ3n) is 6.20. The molecule has 2 aromatic heterocycles. The fraction of sp³-hybridized carbons (Fsp3) is 0.650. The van der Waals surface area contributed by atoms with E-state index in [2.05, 4.69) is 30.3 Å².